The fourth-order valence-electron chi connectivity index (χ4n) is 1.06. The minimum absolute atomic E-state index is 0.404. The molecule has 0 spiro atoms. The van der Waals surface area contributed by atoms with Gasteiger partial charge in [0.1, 0.15) is 0 Å². The van der Waals surface area contributed by atoms with Gasteiger partial charge < -0.3 is 9.84 Å². The second kappa shape index (κ2) is 5.46. The number of aliphatic hydroxyl groups excluding tert-OH is 1. The number of diazo groups is 1. The maximum Gasteiger partial charge on any atom is 0.510 e. The molecule has 16 heavy (non-hydrogen) atoms. The molecular weight excluding hydrogens is 323 g/mol. The average molecular weight is 331 g/mol. The molecule has 1 aromatic carbocycles. The number of carbonyl (C=O) groups excluding carboxylic acids is 1. The van der Waals surface area contributed by atoms with Gasteiger partial charge in [0.25, 0.3) is 0 Å². The van der Waals surface area contributed by atoms with E-state index in [0.717, 1.165) is 10.7 Å². The van der Waals surface area contributed by atoms with E-state index < -0.39 is 17.4 Å². The normalized spacial score (nSPS) is 11.3. The summed E-state index contributed by atoms with van der Waals surface area (Å²) in [5, 5.41) is 18.4. The standard InChI is InChI=1S/C10H7IN2O3/c1-16-10(15)8(13-12)9(14)6-4-2-3-5-7(6)11/h2-5H,1H3/p+1. The second-order valence-electron chi connectivity index (χ2n) is 2.77. The molecule has 1 rings (SSSR count). The number of carbonyl (C=O) groups is 1. The van der Waals surface area contributed by atoms with E-state index in [1.165, 1.54) is 0 Å². The number of ether oxygens (including phenoxy) is 1. The first-order chi connectivity index (χ1) is 7.61. The Labute approximate surface area is 105 Å². The maximum atomic E-state index is 11.2. The molecule has 82 valence electrons. The number of rotatable bonds is 2. The van der Waals surface area contributed by atoms with Gasteiger partial charge in [-0.1, -0.05) is 12.1 Å². The Balaban J connectivity index is 3.33. The molecule has 5 nitrogen and oxygen atoms in total. The van der Waals surface area contributed by atoms with Crippen molar-refractivity contribution < 1.29 is 14.6 Å². The zero-order valence-electron chi connectivity index (χ0n) is 8.35. The van der Waals surface area contributed by atoms with Gasteiger partial charge in [0.2, 0.25) is 11.2 Å². The van der Waals surface area contributed by atoms with Gasteiger partial charge in [0, 0.05) is 9.13 Å². The van der Waals surface area contributed by atoms with Gasteiger partial charge in [-0.15, -0.1) is 0 Å². The van der Waals surface area contributed by atoms with E-state index in [2.05, 4.69) is 9.71 Å². The minimum atomic E-state index is -0.903. The van der Waals surface area contributed by atoms with Crippen molar-refractivity contribution >= 4 is 34.3 Å². The van der Waals surface area contributed by atoms with E-state index in [1.54, 1.807) is 24.3 Å². The molecule has 0 radical (unpaired) electrons. The smallest absolute Gasteiger partial charge is 0.501 e. The first-order valence-electron chi connectivity index (χ1n) is 4.23. The molecule has 0 aliphatic heterocycles. The van der Waals surface area contributed by atoms with Crippen molar-refractivity contribution in [1.29, 1.82) is 5.39 Å². The van der Waals surface area contributed by atoms with Crippen molar-refractivity contribution in [2.45, 2.75) is 0 Å². The highest BCUT2D eigenvalue weighted by Crippen LogP contribution is 2.22. The monoisotopic (exact) mass is 331 g/mol. The van der Waals surface area contributed by atoms with Crippen molar-refractivity contribution in [3.05, 3.63) is 44.1 Å². The van der Waals surface area contributed by atoms with Crippen LogP contribution in [0.1, 0.15) is 5.56 Å². The van der Waals surface area contributed by atoms with Crippen LogP contribution >= 0.6 is 22.6 Å². The summed E-state index contributed by atoms with van der Waals surface area (Å²) in [6.45, 7) is 0. The van der Waals surface area contributed by atoms with Gasteiger partial charge in [-0.25, -0.2) is 4.79 Å². The summed E-state index contributed by atoms with van der Waals surface area (Å²) in [4.78, 5) is 13.9. The zero-order chi connectivity index (χ0) is 12.1. The van der Waals surface area contributed by atoms with Crippen LogP contribution in [0.4, 0.5) is 0 Å². The topological polar surface area (TPSA) is 74.7 Å². The van der Waals surface area contributed by atoms with Crippen LogP contribution in [0.3, 0.4) is 0 Å². The highest BCUT2D eigenvalue weighted by Gasteiger charge is 2.31. The molecule has 0 heterocycles. The predicted molar refractivity (Wildman–Crippen MR) is 65.8 cm³/mol. The third kappa shape index (κ3) is 2.49. The third-order valence-corrected chi connectivity index (χ3v) is 2.77. The van der Waals surface area contributed by atoms with Crippen LogP contribution in [0.15, 0.2) is 30.0 Å². The average Bonchev–Trinajstić information content (AvgIpc) is 2.30. The Bertz CT molecular complexity index is 491. The predicted octanol–water partition coefficient (Wildman–Crippen LogP) is 2.54. The number of esters is 1. The molecule has 1 aromatic rings. The lowest BCUT2D eigenvalue weighted by molar-refractivity contribution is -0.135. The fourth-order valence-corrected chi connectivity index (χ4v) is 1.71. The third-order valence-electron chi connectivity index (χ3n) is 1.83. The van der Waals surface area contributed by atoms with Crippen molar-refractivity contribution in [3.63, 3.8) is 0 Å². The summed E-state index contributed by atoms with van der Waals surface area (Å²) in [5.74, 6) is -1.32. The number of nitrogens with zero attached hydrogens (tertiary/aromatic N) is 2. The van der Waals surface area contributed by atoms with Crippen LogP contribution in [0, 0.1) is 8.96 Å². The summed E-state index contributed by atoms with van der Waals surface area (Å²) < 4.78 is 5.10. The quantitative estimate of drug-likeness (QED) is 0.297. The van der Waals surface area contributed by atoms with Gasteiger partial charge in [-0.05, 0) is 34.7 Å². The molecule has 6 heteroatoms. The van der Waals surface area contributed by atoms with E-state index in [-0.39, 0.29) is 0 Å². The molecule has 0 aromatic heterocycles. The van der Waals surface area contributed by atoms with Crippen LogP contribution in [0.25, 0.3) is 10.7 Å². The zero-order valence-corrected chi connectivity index (χ0v) is 10.5. The van der Waals surface area contributed by atoms with Crippen LogP contribution in [0.5, 0.6) is 0 Å². The molecule has 0 fully saturated rings. The summed E-state index contributed by atoms with van der Waals surface area (Å²) in [6, 6.07) is 6.83. The number of methoxy groups -OCH3 is 1. The van der Waals surface area contributed by atoms with E-state index in [9.17, 15) is 9.90 Å². The summed E-state index contributed by atoms with van der Waals surface area (Å²) in [5.41, 5.74) is -0.118. The number of halogens is 1. The molecule has 1 N–H and O–H groups in total. The molecule has 0 unspecified atom stereocenters. The van der Waals surface area contributed by atoms with Crippen molar-refractivity contribution in [2.75, 3.05) is 7.11 Å². The lowest BCUT2D eigenvalue weighted by Crippen LogP contribution is -2.05. The highest BCUT2D eigenvalue weighted by atomic mass is 127. The van der Waals surface area contributed by atoms with E-state index >= 15 is 0 Å². The van der Waals surface area contributed by atoms with Gasteiger partial charge in [0.15, 0.2) is 4.98 Å². The summed E-state index contributed by atoms with van der Waals surface area (Å²) in [7, 11) is 1.14. The van der Waals surface area contributed by atoms with Crippen LogP contribution in [0.2, 0.25) is 0 Å². The van der Waals surface area contributed by atoms with Crippen molar-refractivity contribution in [3.8, 4) is 0 Å². The molecule has 0 aliphatic carbocycles. The Morgan fingerprint density at radius 2 is 2.12 bits per heavy atom. The SMILES string of the molecule is COC(=O)/C([N+]#N)=C(\O)c1ccccc1I. The lowest BCUT2D eigenvalue weighted by atomic mass is 10.1. The molecule has 0 saturated carbocycles. The van der Waals surface area contributed by atoms with Gasteiger partial charge in [-0.2, -0.15) is 0 Å². The highest BCUT2D eigenvalue weighted by molar-refractivity contribution is 14.1. The van der Waals surface area contributed by atoms with Gasteiger partial charge >= 0.3 is 11.7 Å². The van der Waals surface area contributed by atoms with Crippen LogP contribution < -0.4 is 0 Å². The molecule has 0 saturated heterocycles. The Kier molecular flexibility index (Phi) is 4.25. The van der Waals surface area contributed by atoms with Crippen LogP contribution in [-0.2, 0) is 9.53 Å². The first-order valence-corrected chi connectivity index (χ1v) is 5.31. The molecule has 0 bridgehead atoms. The molecular formula is C10H8IN2O3+. The number of hydrogen-bond acceptors (Lipinski definition) is 4. The van der Waals surface area contributed by atoms with Gasteiger partial charge in [-0.3, -0.25) is 0 Å². The van der Waals surface area contributed by atoms with Gasteiger partial charge in [0.05, 0.1) is 7.11 Å². The Hall–Kier alpha value is -1.62. The first kappa shape index (κ1) is 12.4. The van der Waals surface area contributed by atoms with Crippen LogP contribution in [-0.4, -0.2) is 18.2 Å². The fraction of sp³-hybridized carbons (Fsp3) is 0.100. The van der Waals surface area contributed by atoms with E-state index in [0.29, 0.717) is 5.56 Å². The Morgan fingerprint density at radius 3 is 2.62 bits per heavy atom. The number of hydrogen-bond donors (Lipinski definition) is 1. The Morgan fingerprint density at radius 1 is 1.50 bits per heavy atom. The lowest BCUT2D eigenvalue weighted by Gasteiger charge is -1.99. The summed E-state index contributed by atoms with van der Waals surface area (Å²) in [6.07, 6.45) is 0. The second-order valence-corrected chi connectivity index (χ2v) is 3.93. The molecule has 0 amide bonds. The van der Waals surface area contributed by atoms with Crippen molar-refractivity contribution in [1.82, 2.24) is 0 Å². The molecule has 0 aliphatic rings. The van der Waals surface area contributed by atoms with Crippen molar-refractivity contribution in [2.24, 2.45) is 0 Å². The van der Waals surface area contributed by atoms with E-state index in [1.807, 2.05) is 22.6 Å². The molecule has 0 atom stereocenters. The largest absolute Gasteiger partial charge is 0.510 e. The summed E-state index contributed by atoms with van der Waals surface area (Å²) >= 11 is 1.99. The number of benzene rings is 1. The maximum absolute atomic E-state index is 11.2. The van der Waals surface area contributed by atoms with E-state index in [4.69, 9.17) is 5.39 Å². The minimum Gasteiger partial charge on any atom is -0.501 e. The number of aliphatic hydroxyl groups is 1.